The summed E-state index contributed by atoms with van der Waals surface area (Å²) in [5.41, 5.74) is 0.765. The second kappa shape index (κ2) is 19.6. The summed E-state index contributed by atoms with van der Waals surface area (Å²) in [6, 6.07) is 8.77. The Balaban J connectivity index is 1.64. The average Bonchev–Trinajstić information content (AvgIpc) is 3.57. The Hall–Kier alpha value is -5.35. The van der Waals surface area contributed by atoms with Crippen LogP contribution < -0.4 is 35.5 Å². The van der Waals surface area contributed by atoms with Gasteiger partial charge in [-0.25, -0.2) is 0 Å². The fourth-order valence-corrected chi connectivity index (χ4v) is 5.86. The number of aryl methyl sites for hydroxylation is 1. The van der Waals surface area contributed by atoms with Gasteiger partial charge in [0.2, 0.25) is 23.6 Å². The largest absolute Gasteiger partial charge is 0.496 e. The van der Waals surface area contributed by atoms with Crippen molar-refractivity contribution < 1.29 is 47.8 Å². The SMILES string of the molecule is COc1ccc2cc1Oc1cccc(OC)c1CNC(=O)[C@@H](C(C)C)NC(=O)[C@H]([C@@H](C)O)NC(=O)CN(C(=O)CCc1cc(Cl)no1)CCCCNC2=O. The van der Waals surface area contributed by atoms with E-state index in [1.54, 1.807) is 44.2 Å². The molecule has 0 radical (unpaired) electrons. The van der Waals surface area contributed by atoms with Crippen molar-refractivity contribution in [2.45, 2.75) is 71.2 Å². The maximum absolute atomic E-state index is 13.6. The number of nitrogens with zero attached hydrogens (tertiary/aromatic N) is 2. The quantitative estimate of drug-likeness (QED) is 0.236. The van der Waals surface area contributed by atoms with Gasteiger partial charge < -0.3 is 50.0 Å². The minimum atomic E-state index is -1.45. The third kappa shape index (κ3) is 11.3. The van der Waals surface area contributed by atoms with Gasteiger partial charge in [0.1, 0.15) is 29.3 Å². The summed E-state index contributed by atoms with van der Waals surface area (Å²) in [6.07, 6.45) is -0.341. The van der Waals surface area contributed by atoms with Gasteiger partial charge in [-0.15, -0.1) is 0 Å². The first-order chi connectivity index (χ1) is 25.8. The number of amides is 5. The van der Waals surface area contributed by atoms with E-state index in [-0.39, 0.29) is 55.2 Å². The monoisotopic (exact) mass is 770 g/mol. The molecule has 17 heteroatoms. The number of methoxy groups -OCH3 is 2. The summed E-state index contributed by atoms with van der Waals surface area (Å²) in [4.78, 5) is 68.3. The highest BCUT2D eigenvalue weighted by Gasteiger charge is 2.32. The molecule has 0 saturated carbocycles. The van der Waals surface area contributed by atoms with Crippen LogP contribution in [0, 0.1) is 5.92 Å². The lowest BCUT2D eigenvalue weighted by atomic mass is 10.0. The van der Waals surface area contributed by atoms with Crippen LogP contribution in [0.5, 0.6) is 23.0 Å². The zero-order valence-electron chi connectivity index (χ0n) is 30.9. The van der Waals surface area contributed by atoms with Gasteiger partial charge in [0.15, 0.2) is 16.7 Å². The van der Waals surface area contributed by atoms with Crippen LogP contribution in [-0.4, -0.2) is 96.7 Å². The summed E-state index contributed by atoms with van der Waals surface area (Å²) < 4.78 is 22.4. The minimum absolute atomic E-state index is 0.0291. The standard InChI is InChI=1S/C37H47ClN6O10/c1-21(2)33-36(49)40-19-25-26(51-4)9-8-10-27(25)53-29-17-23(11-13-28(29)52-5)35(48)39-15-6-7-16-44(32(47)14-12-24-18-30(38)43-54-24)20-31(46)41-34(22(3)45)37(50)42-33/h8-11,13,17-18,21-22,33-34,45H,6-7,12,14-16,19-20H2,1-5H3,(H,39,48)(H,40,49)(H,41,46)(H,42,50)/t22-,33-,34+/m1/s1. The Labute approximate surface area is 318 Å². The summed E-state index contributed by atoms with van der Waals surface area (Å²) in [6.45, 7) is 4.69. The molecule has 4 rings (SSSR count). The minimum Gasteiger partial charge on any atom is -0.496 e. The van der Waals surface area contributed by atoms with Gasteiger partial charge in [-0.05, 0) is 56.0 Å². The lowest BCUT2D eigenvalue weighted by Crippen LogP contribution is -2.59. The molecule has 292 valence electrons. The molecule has 1 aliphatic heterocycles. The van der Waals surface area contributed by atoms with E-state index < -0.39 is 48.4 Å². The third-order valence-corrected chi connectivity index (χ3v) is 8.84. The van der Waals surface area contributed by atoms with Gasteiger partial charge in [0.25, 0.3) is 5.91 Å². The van der Waals surface area contributed by atoms with E-state index in [1.807, 2.05) is 0 Å². The van der Waals surface area contributed by atoms with E-state index in [4.69, 9.17) is 30.3 Å². The highest BCUT2D eigenvalue weighted by atomic mass is 35.5. The maximum atomic E-state index is 13.6. The Kier molecular flexibility index (Phi) is 15.1. The van der Waals surface area contributed by atoms with E-state index in [2.05, 4.69) is 26.4 Å². The molecule has 2 bridgehead atoms. The number of carbonyl (C=O) groups excluding carboxylic acids is 5. The van der Waals surface area contributed by atoms with Crippen molar-refractivity contribution in [2.24, 2.45) is 5.92 Å². The van der Waals surface area contributed by atoms with E-state index in [0.717, 1.165) is 0 Å². The van der Waals surface area contributed by atoms with Crippen molar-refractivity contribution >= 4 is 41.1 Å². The molecule has 1 aliphatic rings. The van der Waals surface area contributed by atoms with E-state index in [1.165, 1.54) is 38.2 Å². The number of aliphatic hydroxyl groups excluding tert-OH is 1. The van der Waals surface area contributed by atoms with Crippen molar-refractivity contribution in [1.82, 2.24) is 31.3 Å². The molecule has 5 N–H and O–H groups in total. The van der Waals surface area contributed by atoms with Crippen LogP contribution in [0.2, 0.25) is 5.15 Å². The molecule has 0 spiro atoms. The zero-order chi connectivity index (χ0) is 39.4. The molecule has 0 aliphatic carbocycles. The molecule has 5 amide bonds. The molecule has 0 fully saturated rings. The first-order valence-electron chi connectivity index (χ1n) is 17.6. The summed E-state index contributed by atoms with van der Waals surface area (Å²) in [5.74, 6) is -1.53. The van der Waals surface area contributed by atoms with Crippen LogP contribution in [0.25, 0.3) is 0 Å². The van der Waals surface area contributed by atoms with Crippen molar-refractivity contribution in [3.8, 4) is 23.0 Å². The predicted molar refractivity (Wildman–Crippen MR) is 196 cm³/mol. The van der Waals surface area contributed by atoms with Crippen LogP contribution in [0.1, 0.15) is 61.7 Å². The van der Waals surface area contributed by atoms with Crippen LogP contribution in [0.4, 0.5) is 0 Å². The van der Waals surface area contributed by atoms with Crippen molar-refractivity contribution in [1.29, 1.82) is 0 Å². The molecule has 2 aromatic carbocycles. The third-order valence-electron chi connectivity index (χ3n) is 8.67. The van der Waals surface area contributed by atoms with Gasteiger partial charge in [-0.3, -0.25) is 24.0 Å². The van der Waals surface area contributed by atoms with Gasteiger partial charge in [-0.1, -0.05) is 36.7 Å². The Morgan fingerprint density at radius 2 is 1.72 bits per heavy atom. The van der Waals surface area contributed by atoms with Crippen molar-refractivity contribution in [3.05, 3.63) is 64.5 Å². The smallest absolute Gasteiger partial charge is 0.251 e. The zero-order valence-corrected chi connectivity index (χ0v) is 31.7. The highest BCUT2D eigenvalue weighted by Crippen LogP contribution is 2.37. The number of nitrogens with one attached hydrogen (secondary N) is 4. The molecule has 3 atom stereocenters. The molecule has 54 heavy (non-hydrogen) atoms. The maximum Gasteiger partial charge on any atom is 0.251 e. The number of halogens is 1. The second-order valence-corrected chi connectivity index (χ2v) is 13.4. The van der Waals surface area contributed by atoms with Gasteiger partial charge in [0, 0.05) is 37.6 Å². The summed E-state index contributed by atoms with van der Waals surface area (Å²) in [5, 5.41) is 25.2. The number of ether oxygens (including phenoxy) is 3. The fourth-order valence-electron chi connectivity index (χ4n) is 5.70. The number of carbonyl (C=O) groups is 5. The first kappa shape index (κ1) is 41.4. The molecular weight excluding hydrogens is 724 g/mol. The molecule has 2 heterocycles. The number of rotatable bonds is 7. The molecular formula is C37H47ClN6O10. The molecule has 0 saturated heterocycles. The highest BCUT2D eigenvalue weighted by molar-refractivity contribution is 6.29. The fraction of sp³-hybridized carbons (Fsp3) is 0.459. The first-order valence-corrected chi connectivity index (χ1v) is 17.9. The van der Waals surface area contributed by atoms with Crippen LogP contribution in [0.3, 0.4) is 0 Å². The Morgan fingerprint density at radius 3 is 2.39 bits per heavy atom. The molecule has 16 nitrogen and oxygen atoms in total. The van der Waals surface area contributed by atoms with Crippen molar-refractivity contribution in [2.75, 3.05) is 33.9 Å². The lowest BCUT2D eigenvalue weighted by Gasteiger charge is -2.28. The number of aliphatic hydroxyl groups is 1. The van der Waals surface area contributed by atoms with Gasteiger partial charge in [0.05, 0.1) is 39.0 Å². The number of fused-ring (bicyclic) bond motifs is 3. The molecule has 3 aromatic rings. The van der Waals surface area contributed by atoms with Crippen LogP contribution in [0.15, 0.2) is 47.0 Å². The topological polar surface area (TPSA) is 211 Å². The summed E-state index contributed by atoms with van der Waals surface area (Å²) in [7, 11) is 2.94. The Bertz CT molecular complexity index is 1800. The number of hydrogen-bond acceptors (Lipinski definition) is 11. The van der Waals surface area contributed by atoms with Crippen LogP contribution in [-0.2, 0) is 32.1 Å². The number of aromatic nitrogens is 1. The second-order valence-electron chi connectivity index (χ2n) is 13.0. The summed E-state index contributed by atoms with van der Waals surface area (Å²) >= 11 is 5.83. The van der Waals surface area contributed by atoms with E-state index >= 15 is 0 Å². The normalized spacial score (nSPS) is 18.6. The van der Waals surface area contributed by atoms with Gasteiger partial charge >= 0.3 is 0 Å². The number of benzene rings is 2. The molecule has 1 aromatic heterocycles. The average molecular weight is 771 g/mol. The van der Waals surface area contributed by atoms with Crippen LogP contribution >= 0.6 is 11.6 Å². The predicted octanol–water partition coefficient (Wildman–Crippen LogP) is 2.75. The number of hydrogen-bond donors (Lipinski definition) is 5. The molecule has 0 unspecified atom stereocenters. The lowest BCUT2D eigenvalue weighted by molar-refractivity contribution is -0.138. The van der Waals surface area contributed by atoms with Crippen molar-refractivity contribution in [3.63, 3.8) is 0 Å². The van der Waals surface area contributed by atoms with Gasteiger partial charge in [-0.2, -0.15) is 0 Å². The Morgan fingerprint density at radius 1 is 0.963 bits per heavy atom. The van der Waals surface area contributed by atoms with E-state index in [0.29, 0.717) is 47.0 Å². The van der Waals surface area contributed by atoms with E-state index in [9.17, 15) is 29.1 Å².